The van der Waals surface area contributed by atoms with E-state index in [1.165, 1.54) is 58.4 Å². The molecule has 0 fully saturated rings. The van der Waals surface area contributed by atoms with E-state index in [9.17, 15) is 9.59 Å². The van der Waals surface area contributed by atoms with Crippen LogP contribution >= 0.6 is 11.8 Å². The van der Waals surface area contributed by atoms with Gasteiger partial charge in [0.1, 0.15) is 0 Å². The first kappa shape index (κ1) is 27.5. The van der Waals surface area contributed by atoms with Gasteiger partial charge < -0.3 is 10.4 Å². The number of carbonyl (C=O) groups is 2. The van der Waals surface area contributed by atoms with E-state index in [0.29, 0.717) is 5.56 Å². The van der Waals surface area contributed by atoms with Crippen molar-refractivity contribution in [2.24, 2.45) is 0 Å². The Balaban J connectivity index is 1.27. The van der Waals surface area contributed by atoms with Crippen molar-refractivity contribution < 1.29 is 14.7 Å². The highest BCUT2D eigenvalue weighted by Gasteiger charge is 2.07. The van der Waals surface area contributed by atoms with Crippen LogP contribution in [-0.2, 0) is 11.2 Å². The van der Waals surface area contributed by atoms with Gasteiger partial charge in [-0.15, -0.1) is 11.8 Å². The summed E-state index contributed by atoms with van der Waals surface area (Å²) in [6, 6.07) is 23.1. The van der Waals surface area contributed by atoms with Gasteiger partial charge in [0.25, 0.3) is 5.91 Å². The summed E-state index contributed by atoms with van der Waals surface area (Å²) in [4.78, 5) is 23.9. The molecular weight excluding hydrogens is 466 g/mol. The van der Waals surface area contributed by atoms with Crippen LogP contribution in [0.4, 0.5) is 0 Å². The summed E-state index contributed by atoms with van der Waals surface area (Å²) in [7, 11) is 0. The fraction of sp³-hybridized carbons (Fsp3) is 0.355. The van der Waals surface area contributed by atoms with Crippen LogP contribution in [0, 0.1) is 13.8 Å². The summed E-state index contributed by atoms with van der Waals surface area (Å²) < 4.78 is 0. The smallest absolute Gasteiger partial charge is 0.305 e. The topological polar surface area (TPSA) is 66.4 Å². The number of unbranched alkanes of at least 4 members (excludes halogenated alkanes) is 4. The summed E-state index contributed by atoms with van der Waals surface area (Å²) in [5.74, 6) is 0.0139. The minimum absolute atomic E-state index is 0.0656. The molecule has 0 aliphatic carbocycles. The zero-order chi connectivity index (χ0) is 25.8. The number of hydrogen-bond donors (Lipinski definition) is 2. The zero-order valence-corrected chi connectivity index (χ0v) is 22.2. The van der Waals surface area contributed by atoms with Crippen molar-refractivity contribution in [3.8, 4) is 11.1 Å². The molecule has 0 heterocycles. The highest BCUT2D eigenvalue weighted by atomic mass is 32.2. The molecule has 4 nitrogen and oxygen atoms in total. The number of rotatable bonds is 14. The van der Waals surface area contributed by atoms with Crippen molar-refractivity contribution in [1.82, 2.24) is 5.32 Å². The van der Waals surface area contributed by atoms with Crippen LogP contribution in [-0.4, -0.2) is 29.3 Å². The highest BCUT2D eigenvalue weighted by Crippen LogP contribution is 2.29. The molecule has 0 aliphatic rings. The van der Waals surface area contributed by atoms with Gasteiger partial charge in [-0.2, -0.15) is 0 Å². The fourth-order valence-corrected chi connectivity index (χ4v) is 5.26. The minimum Gasteiger partial charge on any atom is -0.481 e. The van der Waals surface area contributed by atoms with E-state index in [2.05, 4.69) is 61.6 Å². The van der Waals surface area contributed by atoms with Crippen molar-refractivity contribution in [1.29, 1.82) is 0 Å². The Morgan fingerprint density at radius 1 is 0.806 bits per heavy atom. The third kappa shape index (κ3) is 8.87. The van der Waals surface area contributed by atoms with E-state index in [0.717, 1.165) is 18.6 Å². The first-order valence-electron chi connectivity index (χ1n) is 12.8. The number of thioether (sulfide) groups is 1. The maximum absolute atomic E-state index is 12.0. The SMILES string of the molecule is Cc1cccc(C)c1-c1ccc(SCCCCCCCc2ccc(C(=O)NCCC(=O)O)cc2)cc1. The highest BCUT2D eigenvalue weighted by molar-refractivity contribution is 7.99. The minimum atomic E-state index is -0.914. The molecule has 0 spiro atoms. The van der Waals surface area contributed by atoms with E-state index in [1.54, 1.807) is 0 Å². The molecule has 3 aromatic rings. The second-order valence-corrected chi connectivity index (χ2v) is 10.4. The lowest BCUT2D eigenvalue weighted by molar-refractivity contribution is -0.136. The molecule has 3 rings (SSSR count). The zero-order valence-electron chi connectivity index (χ0n) is 21.4. The number of nitrogens with one attached hydrogen (secondary N) is 1. The molecule has 2 N–H and O–H groups in total. The van der Waals surface area contributed by atoms with Crippen LogP contribution in [0.2, 0.25) is 0 Å². The predicted molar refractivity (Wildman–Crippen MR) is 150 cm³/mol. The van der Waals surface area contributed by atoms with Crippen LogP contribution in [0.25, 0.3) is 11.1 Å². The maximum Gasteiger partial charge on any atom is 0.305 e. The standard InChI is InChI=1S/C31H37NO3S/c1-23-9-8-10-24(2)30(23)26-16-18-28(19-17-26)36-22-7-5-3-4-6-11-25-12-14-27(15-13-25)31(35)32-21-20-29(33)34/h8-10,12-19H,3-7,11,20-22H2,1-2H3,(H,32,35)(H,33,34). The van der Waals surface area contributed by atoms with Crippen LogP contribution in [0.3, 0.4) is 0 Å². The Hall–Kier alpha value is -3.05. The van der Waals surface area contributed by atoms with Gasteiger partial charge in [0, 0.05) is 17.0 Å². The largest absolute Gasteiger partial charge is 0.481 e. The molecular formula is C31H37NO3S. The fourth-order valence-electron chi connectivity index (χ4n) is 4.35. The van der Waals surface area contributed by atoms with Crippen molar-refractivity contribution in [3.63, 3.8) is 0 Å². The van der Waals surface area contributed by atoms with Crippen molar-refractivity contribution >= 4 is 23.6 Å². The lowest BCUT2D eigenvalue weighted by atomic mass is 9.96. The van der Waals surface area contributed by atoms with Crippen LogP contribution in [0.1, 0.15) is 65.6 Å². The second-order valence-electron chi connectivity index (χ2n) is 9.25. The maximum atomic E-state index is 12.0. The first-order valence-corrected chi connectivity index (χ1v) is 13.8. The number of amides is 1. The number of carboxylic acids is 1. The van der Waals surface area contributed by atoms with Gasteiger partial charge in [0.05, 0.1) is 6.42 Å². The molecule has 0 unspecified atom stereocenters. The van der Waals surface area contributed by atoms with Crippen molar-refractivity contribution in [2.45, 2.75) is 63.7 Å². The third-order valence-corrected chi connectivity index (χ3v) is 7.44. The van der Waals surface area contributed by atoms with Gasteiger partial charge >= 0.3 is 5.97 Å². The van der Waals surface area contributed by atoms with Crippen molar-refractivity contribution in [2.75, 3.05) is 12.3 Å². The Labute approximate surface area is 219 Å². The molecule has 0 radical (unpaired) electrons. The second kappa shape index (κ2) is 14.5. The number of carboxylic acid groups (broad SMARTS) is 1. The average molecular weight is 504 g/mol. The molecule has 0 bridgehead atoms. The van der Waals surface area contributed by atoms with E-state index in [1.807, 2.05) is 36.0 Å². The number of hydrogen-bond acceptors (Lipinski definition) is 3. The lowest BCUT2D eigenvalue weighted by Gasteiger charge is -2.10. The van der Waals surface area contributed by atoms with Crippen LogP contribution in [0.5, 0.6) is 0 Å². The van der Waals surface area contributed by atoms with Gasteiger partial charge in [-0.3, -0.25) is 9.59 Å². The van der Waals surface area contributed by atoms with Crippen LogP contribution in [0.15, 0.2) is 71.6 Å². The average Bonchev–Trinajstić information content (AvgIpc) is 2.86. The summed E-state index contributed by atoms with van der Waals surface area (Å²) >= 11 is 1.94. The molecule has 3 aromatic carbocycles. The molecule has 0 aliphatic heterocycles. The van der Waals surface area contributed by atoms with Gasteiger partial charge in [-0.25, -0.2) is 0 Å². The van der Waals surface area contributed by atoms with E-state index in [-0.39, 0.29) is 18.9 Å². The van der Waals surface area contributed by atoms with Crippen molar-refractivity contribution in [3.05, 3.63) is 89.0 Å². The molecule has 5 heteroatoms. The number of aliphatic carboxylic acids is 1. The normalized spacial score (nSPS) is 10.8. The summed E-state index contributed by atoms with van der Waals surface area (Å²) in [5, 5.41) is 11.3. The Kier molecular flexibility index (Phi) is 11.1. The molecule has 1 amide bonds. The van der Waals surface area contributed by atoms with E-state index >= 15 is 0 Å². The number of aryl methyl sites for hydroxylation is 3. The van der Waals surface area contributed by atoms with Crippen LogP contribution < -0.4 is 5.32 Å². The molecule has 0 atom stereocenters. The Morgan fingerprint density at radius 3 is 2.11 bits per heavy atom. The molecule has 0 saturated carbocycles. The quantitative estimate of drug-likeness (QED) is 0.177. The third-order valence-electron chi connectivity index (χ3n) is 6.34. The van der Waals surface area contributed by atoms with Gasteiger partial charge in [0.15, 0.2) is 0 Å². The first-order chi connectivity index (χ1) is 17.4. The number of carbonyl (C=O) groups excluding carboxylic acids is 1. The summed E-state index contributed by atoms with van der Waals surface area (Å²) in [5.41, 5.74) is 7.10. The van der Waals surface area contributed by atoms with Gasteiger partial charge in [-0.1, -0.05) is 61.7 Å². The molecule has 0 aromatic heterocycles. The Morgan fingerprint density at radius 2 is 1.44 bits per heavy atom. The van der Waals surface area contributed by atoms with Gasteiger partial charge in [0.2, 0.25) is 0 Å². The molecule has 0 saturated heterocycles. The van der Waals surface area contributed by atoms with E-state index in [4.69, 9.17) is 5.11 Å². The van der Waals surface area contributed by atoms with E-state index < -0.39 is 5.97 Å². The Bertz CT molecular complexity index is 1100. The lowest BCUT2D eigenvalue weighted by Crippen LogP contribution is -2.25. The summed E-state index contributed by atoms with van der Waals surface area (Å²) in [6.07, 6.45) is 7.05. The number of benzene rings is 3. The molecule has 36 heavy (non-hydrogen) atoms. The summed E-state index contributed by atoms with van der Waals surface area (Å²) in [6.45, 7) is 4.50. The molecule has 190 valence electrons. The predicted octanol–water partition coefficient (Wildman–Crippen LogP) is 7.46. The van der Waals surface area contributed by atoms with Gasteiger partial charge in [-0.05, 0) is 90.9 Å². The monoisotopic (exact) mass is 503 g/mol.